The molecule has 1 N–H and O–H groups in total. The number of hydrogen-bond donors (Lipinski definition) is 1. The summed E-state index contributed by atoms with van der Waals surface area (Å²) in [5.74, 6) is 0.798. The van der Waals surface area contributed by atoms with E-state index >= 15 is 0 Å². The zero-order valence-electron chi connectivity index (χ0n) is 11.9. The minimum Gasteiger partial charge on any atom is -0.260 e. The maximum Gasteiger partial charge on any atom is 0.158 e. The van der Waals surface area contributed by atoms with Gasteiger partial charge in [-0.1, -0.05) is 11.6 Å². The number of halogens is 1. The van der Waals surface area contributed by atoms with Gasteiger partial charge in [0.15, 0.2) is 5.82 Å². The number of thiophene rings is 2. The van der Waals surface area contributed by atoms with Crippen LogP contribution in [0.25, 0.3) is 10.2 Å². The third-order valence-corrected chi connectivity index (χ3v) is 6.30. The van der Waals surface area contributed by atoms with E-state index in [0.29, 0.717) is 0 Å². The van der Waals surface area contributed by atoms with E-state index < -0.39 is 0 Å². The first kappa shape index (κ1) is 14.1. The second-order valence-corrected chi connectivity index (χ2v) is 7.97. The Labute approximate surface area is 140 Å². The first-order valence-electron chi connectivity index (χ1n) is 7.03. The summed E-state index contributed by atoms with van der Waals surface area (Å²) in [5, 5.41) is 5.61. The molecule has 0 aliphatic heterocycles. The molecular weight excluding hydrogens is 336 g/mol. The van der Waals surface area contributed by atoms with Crippen LogP contribution in [0.4, 0.5) is 5.82 Å². The van der Waals surface area contributed by atoms with Crippen molar-refractivity contribution in [3.05, 3.63) is 38.1 Å². The standard InChI is InChI=1S/C15H13ClN4S2/c1-8(10-5-6-12(16)21-10)19-20-14-13-9-3-2-4-11(9)22-15(13)18-7-17-14/h5-7H,2-4H2,1H3,(H,17,18,20)/b19-8-. The normalized spacial score (nSPS) is 14.5. The van der Waals surface area contributed by atoms with Gasteiger partial charge in [-0.3, -0.25) is 5.43 Å². The van der Waals surface area contributed by atoms with Crippen molar-refractivity contribution in [3.63, 3.8) is 0 Å². The number of aromatic nitrogens is 2. The largest absolute Gasteiger partial charge is 0.260 e. The van der Waals surface area contributed by atoms with Crippen LogP contribution in [0.1, 0.15) is 28.7 Å². The molecule has 0 spiro atoms. The van der Waals surface area contributed by atoms with Gasteiger partial charge in [0.05, 0.1) is 20.3 Å². The quantitative estimate of drug-likeness (QED) is 0.549. The Morgan fingerprint density at radius 2 is 2.18 bits per heavy atom. The first-order chi connectivity index (χ1) is 10.7. The SMILES string of the molecule is C/C(=N/Nc1ncnc2sc3c(c12)CCC3)c1ccc(Cl)s1. The van der Waals surface area contributed by atoms with Crippen LogP contribution in [0.3, 0.4) is 0 Å². The van der Waals surface area contributed by atoms with Gasteiger partial charge in [-0.25, -0.2) is 9.97 Å². The predicted octanol–water partition coefficient (Wildman–Crippen LogP) is 4.73. The Kier molecular flexibility index (Phi) is 3.60. The summed E-state index contributed by atoms with van der Waals surface area (Å²) in [6.07, 6.45) is 5.09. The van der Waals surface area contributed by atoms with Gasteiger partial charge in [0.25, 0.3) is 0 Å². The average Bonchev–Trinajstić information content (AvgIpc) is 3.19. The Hall–Kier alpha value is -1.50. The fourth-order valence-electron chi connectivity index (χ4n) is 2.71. The maximum absolute atomic E-state index is 5.97. The number of nitrogens with zero attached hydrogens (tertiary/aromatic N) is 3. The molecule has 1 aliphatic rings. The lowest BCUT2D eigenvalue weighted by Gasteiger charge is -2.04. The number of aryl methyl sites for hydroxylation is 2. The van der Waals surface area contributed by atoms with Gasteiger partial charge in [0, 0.05) is 4.88 Å². The van der Waals surface area contributed by atoms with Crippen LogP contribution in [0.5, 0.6) is 0 Å². The van der Waals surface area contributed by atoms with Crippen molar-refractivity contribution >= 4 is 56.0 Å². The van der Waals surface area contributed by atoms with Crippen molar-refractivity contribution in [1.29, 1.82) is 0 Å². The number of anilines is 1. The van der Waals surface area contributed by atoms with Crippen LogP contribution >= 0.6 is 34.3 Å². The van der Waals surface area contributed by atoms with Gasteiger partial charge in [-0.15, -0.1) is 22.7 Å². The van der Waals surface area contributed by atoms with Gasteiger partial charge in [0.1, 0.15) is 11.2 Å². The molecule has 3 aromatic heterocycles. The fraction of sp³-hybridized carbons (Fsp3) is 0.267. The zero-order chi connectivity index (χ0) is 15.1. The lowest BCUT2D eigenvalue weighted by molar-refractivity contribution is 0.917. The summed E-state index contributed by atoms with van der Waals surface area (Å²) in [6, 6.07) is 3.86. The lowest BCUT2D eigenvalue weighted by Crippen LogP contribution is -2.00. The second-order valence-electron chi connectivity index (χ2n) is 5.17. The van der Waals surface area contributed by atoms with Crippen LogP contribution in [0, 0.1) is 0 Å². The molecular formula is C15H13ClN4S2. The molecule has 112 valence electrons. The van der Waals surface area contributed by atoms with Gasteiger partial charge in [-0.2, -0.15) is 5.10 Å². The van der Waals surface area contributed by atoms with Crippen LogP contribution in [-0.2, 0) is 12.8 Å². The van der Waals surface area contributed by atoms with Crippen LogP contribution in [0.15, 0.2) is 23.6 Å². The molecule has 0 saturated carbocycles. The first-order valence-corrected chi connectivity index (χ1v) is 9.05. The van der Waals surface area contributed by atoms with E-state index in [0.717, 1.165) is 43.8 Å². The van der Waals surface area contributed by atoms with E-state index in [9.17, 15) is 0 Å². The van der Waals surface area contributed by atoms with E-state index in [1.54, 1.807) is 17.7 Å². The van der Waals surface area contributed by atoms with Gasteiger partial charge >= 0.3 is 0 Å². The highest BCUT2D eigenvalue weighted by Gasteiger charge is 2.21. The molecule has 0 fully saturated rings. The smallest absolute Gasteiger partial charge is 0.158 e. The average molecular weight is 349 g/mol. The maximum atomic E-state index is 5.97. The third kappa shape index (κ3) is 2.41. The minimum atomic E-state index is 0.768. The van der Waals surface area contributed by atoms with Crippen molar-refractivity contribution < 1.29 is 0 Å². The molecule has 4 rings (SSSR count). The van der Waals surface area contributed by atoms with Gasteiger partial charge in [0.2, 0.25) is 0 Å². The van der Waals surface area contributed by atoms with E-state index in [1.807, 2.05) is 19.1 Å². The molecule has 3 heterocycles. The third-order valence-electron chi connectivity index (χ3n) is 3.76. The number of hydrazone groups is 1. The monoisotopic (exact) mass is 348 g/mol. The van der Waals surface area contributed by atoms with E-state index in [1.165, 1.54) is 28.2 Å². The molecule has 7 heteroatoms. The van der Waals surface area contributed by atoms with Gasteiger partial charge in [-0.05, 0) is 43.9 Å². The molecule has 0 radical (unpaired) electrons. The summed E-state index contributed by atoms with van der Waals surface area (Å²) in [6.45, 7) is 1.96. The van der Waals surface area contributed by atoms with Crippen LogP contribution < -0.4 is 5.43 Å². The molecule has 0 aromatic carbocycles. The molecule has 0 atom stereocenters. The van der Waals surface area contributed by atoms with Crippen molar-refractivity contribution in [2.75, 3.05) is 5.43 Å². The van der Waals surface area contributed by atoms with Crippen molar-refractivity contribution in [2.45, 2.75) is 26.2 Å². The Bertz CT molecular complexity index is 881. The number of nitrogens with one attached hydrogen (secondary N) is 1. The molecule has 0 saturated heterocycles. The predicted molar refractivity (Wildman–Crippen MR) is 94.6 cm³/mol. The number of rotatable bonds is 3. The summed E-state index contributed by atoms with van der Waals surface area (Å²) < 4.78 is 0.768. The van der Waals surface area contributed by atoms with Crippen molar-refractivity contribution in [3.8, 4) is 0 Å². The van der Waals surface area contributed by atoms with Gasteiger partial charge < -0.3 is 0 Å². The van der Waals surface area contributed by atoms with E-state index in [2.05, 4.69) is 20.5 Å². The van der Waals surface area contributed by atoms with Crippen molar-refractivity contribution in [2.24, 2.45) is 5.10 Å². The van der Waals surface area contributed by atoms with Crippen LogP contribution in [-0.4, -0.2) is 15.7 Å². The summed E-state index contributed by atoms with van der Waals surface area (Å²) in [5.41, 5.74) is 5.41. The summed E-state index contributed by atoms with van der Waals surface area (Å²) in [4.78, 5) is 12.3. The summed E-state index contributed by atoms with van der Waals surface area (Å²) >= 11 is 9.27. The van der Waals surface area contributed by atoms with Crippen molar-refractivity contribution in [1.82, 2.24) is 9.97 Å². The molecule has 0 amide bonds. The lowest BCUT2D eigenvalue weighted by atomic mass is 10.2. The molecule has 0 unspecified atom stereocenters. The molecule has 22 heavy (non-hydrogen) atoms. The number of hydrogen-bond acceptors (Lipinski definition) is 6. The Morgan fingerprint density at radius 3 is 3.00 bits per heavy atom. The second kappa shape index (κ2) is 5.61. The van der Waals surface area contributed by atoms with E-state index in [-0.39, 0.29) is 0 Å². The molecule has 1 aliphatic carbocycles. The Morgan fingerprint density at radius 1 is 1.27 bits per heavy atom. The topological polar surface area (TPSA) is 50.2 Å². The number of fused-ring (bicyclic) bond motifs is 3. The summed E-state index contributed by atoms with van der Waals surface area (Å²) in [7, 11) is 0. The molecule has 3 aromatic rings. The van der Waals surface area contributed by atoms with E-state index in [4.69, 9.17) is 11.6 Å². The molecule has 0 bridgehead atoms. The highest BCUT2D eigenvalue weighted by Crippen LogP contribution is 2.39. The highest BCUT2D eigenvalue weighted by molar-refractivity contribution is 7.19. The highest BCUT2D eigenvalue weighted by atomic mass is 35.5. The zero-order valence-corrected chi connectivity index (χ0v) is 14.3. The van der Waals surface area contributed by atoms with Crippen LogP contribution in [0.2, 0.25) is 4.34 Å². The minimum absolute atomic E-state index is 0.768. The Balaban J connectivity index is 1.70. The fourth-order valence-corrected chi connectivity index (χ4v) is 4.93. The molecule has 4 nitrogen and oxygen atoms in total.